The molecule has 128 valence electrons. The zero-order valence-corrected chi connectivity index (χ0v) is 13.8. The minimum Gasteiger partial charge on any atom is -0.379 e. The Morgan fingerprint density at radius 1 is 1.21 bits per heavy atom. The summed E-state index contributed by atoms with van der Waals surface area (Å²) < 4.78 is 7.53. The van der Waals surface area contributed by atoms with E-state index in [0.29, 0.717) is 25.9 Å². The fourth-order valence-electron chi connectivity index (χ4n) is 3.47. The molecule has 4 rings (SSSR count). The van der Waals surface area contributed by atoms with E-state index in [4.69, 9.17) is 4.74 Å². The third-order valence-corrected chi connectivity index (χ3v) is 5.18. The molecular formula is C16H22N6O2. The number of ether oxygens (including phenoxy) is 1. The molecule has 0 unspecified atom stereocenters. The van der Waals surface area contributed by atoms with E-state index in [9.17, 15) is 10.1 Å². The first-order valence-corrected chi connectivity index (χ1v) is 8.63. The number of hydrogen-bond donors (Lipinski definition) is 0. The predicted octanol–water partition coefficient (Wildman–Crippen LogP) is 0.146. The summed E-state index contributed by atoms with van der Waals surface area (Å²) in [4.78, 5) is 16.7. The number of carbonyl (C=O) groups excluding carboxylic acids is 1. The largest absolute Gasteiger partial charge is 0.379 e. The molecule has 8 nitrogen and oxygen atoms in total. The Morgan fingerprint density at radius 2 is 2.00 bits per heavy atom. The average Bonchev–Trinajstić information content (AvgIpc) is 3.37. The molecule has 2 aliphatic heterocycles. The lowest BCUT2D eigenvalue weighted by molar-refractivity contribution is -0.135. The molecule has 8 heteroatoms. The first-order valence-electron chi connectivity index (χ1n) is 8.63. The molecule has 1 aromatic rings. The van der Waals surface area contributed by atoms with Gasteiger partial charge in [-0.15, -0.1) is 10.2 Å². The first-order chi connectivity index (χ1) is 11.7. The van der Waals surface area contributed by atoms with Gasteiger partial charge in [0.05, 0.1) is 32.4 Å². The Balaban J connectivity index is 1.48. The molecule has 3 heterocycles. The van der Waals surface area contributed by atoms with Crippen molar-refractivity contribution in [2.45, 2.75) is 38.9 Å². The summed E-state index contributed by atoms with van der Waals surface area (Å²) in [6.07, 6.45) is 2.25. The van der Waals surface area contributed by atoms with E-state index in [1.54, 1.807) is 4.90 Å². The molecule has 0 bridgehead atoms. The predicted molar refractivity (Wildman–Crippen MR) is 83.4 cm³/mol. The summed E-state index contributed by atoms with van der Waals surface area (Å²) in [6.45, 7) is 6.09. The molecule has 1 amide bonds. The summed E-state index contributed by atoms with van der Waals surface area (Å²) in [5.74, 6) is 1.76. The lowest BCUT2D eigenvalue weighted by atomic mass is 10.1. The highest BCUT2D eigenvalue weighted by Crippen LogP contribution is 2.46. The van der Waals surface area contributed by atoms with Gasteiger partial charge in [0.2, 0.25) is 5.91 Å². The number of hydrogen-bond acceptors (Lipinski definition) is 6. The topological polar surface area (TPSA) is 87.3 Å². The maximum atomic E-state index is 12.6. The van der Waals surface area contributed by atoms with Crippen LogP contribution in [-0.4, -0.2) is 63.3 Å². The molecule has 24 heavy (non-hydrogen) atoms. The lowest BCUT2D eigenvalue weighted by Gasteiger charge is -2.26. The number of nitrogens with zero attached hydrogens (tertiary/aromatic N) is 6. The maximum Gasteiger partial charge on any atom is 0.243 e. The monoisotopic (exact) mass is 330 g/mol. The highest BCUT2D eigenvalue weighted by Gasteiger charge is 2.52. The fourth-order valence-corrected chi connectivity index (χ4v) is 3.47. The van der Waals surface area contributed by atoms with E-state index in [0.717, 1.165) is 57.5 Å². The van der Waals surface area contributed by atoms with Gasteiger partial charge in [0.25, 0.3) is 0 Å². The zero-order valence-electron chi connectivity index (χ0n) is 13.8. The second-order valence-corrected chi connectivity index (χ2v) is 6.85. The van der Waals surface area contributed by atoms with Crippen molar-refractivity contribution in [3.63, 3.8) is 0 Å². The van der Waals surface area contributed by atoms with Gasteiger partial charge in [-0.05, 0) is 19.3 Å². The standard InChI is InChI=1S/C16H22N6O2/c17-12-16(2-3-16)15(23)21-4-1-5-22-13(18-19-14(22)11-21)10-20-6-8-24-9-7-20/h1-11H2. The molecule has 1 aliphatic carbocycles. The van der Waals surface area contributed by atoms with Crippen LogP contribution in [0.2, 0.25) is 0 Å². The molecule has 0 spiro atoms. The van der Waals surface area contributed by atoms with E-state index in [1.807, 2.05) is 0 Å². The van der Waals surface area contributed by atoms with E-state index >= 15 is 0 Å². The van der Waals surface area contributed by atoms with Gasteiger partial charge in [0.15, 0.2) is 5.82 Å². The van der Waals surface area contributed by atoms with E-state index in [-0.39, 0.29) is 5.91 Å². The van der Waals surface area contributed by atoms with Gasteiger partial charge < -0.3 is 14.2 Å². The maximum absolute atomic E-state index is 12.6. The van der Waals surface area contributed by atoms with Gasteiger partial charge in [-0.3, -0.25) is 9.69 Å². The van der Waals surface area contributed by atoms with Gasteiger partial charge in [-0.1, -0.05) is 0 Å². The Labute approximate surface area is 141 Å². The second-order valence-electron chi connectivity index (χ2n) is 6.85. The Bertz CT molecular complexity index is 669. The number of rotatable bonds is 3. The van der Waals surface area contributed by atoms with Crippen molar-refractivity contribution in [2.24, 2.45) is 5.41 Å². The van der Waals surface area contributed by atoms with Crippen molar-refractivity contribution in [2.75, 3.05) is 32.8 Å². The Hall–Kier alpha value is -1.98. The third kappa shape index (κ3) is 2.78. The van der Waals surface area contributed by atoms with Crippen LogP contribution >= 0.6 is 0 Å². The van der Waals surface area contributed by atoms with Crippen LogP contribution < -0.4 is 0 Å². The highest BCUT2D eigenvalue weighted by molar-refractivity contribution is 5.88. The van der Waals surface area contributed by atoms with Crippen molar-refractivity contribution in [1.82, 2.24) is 24.6 Å². The molecular weight excluding hydrogens is 308 g/mol. The van der Waals surface area contributed by atoms with Crippen LogP contribution in [0.1, 0.15) is 30.9 Å². The third-order valence-electron chi connectivity index (χ3n) is 5.18. The molecule has 3 aliphatic rings. The molecule has 0 aromatic carbocycles. The van der Waals surface area contributed by atoms with Crippen LogP contribution in [0.5, 0.6) is 0 Å². The van der Waals surface area contributed by atoms with Gasteiger partial charge in [-0.2, -0.15) is 5.26 Å². The quantitative estimate of drug-likeness (QED) is 0.784. The second kappa shape index (κ2) is 6.15. The molecule has 1 saturated carbocycles. The summed E-state index contributed by atoms with van der Waals surface area (Å²) in [5, 5.41) is 17.9. The Kier molecular flexibility index (Phi) is 3.98. The lowest BCUT2D eigenvalue weighted by Crippen LogP contribution is -2.36. The Morgan fingerprint density at radius 3 is 2.71 bits per heavy atom. The van der Waals surface area contributed by atoms with Gasteiger partial charge in [0.1, 0.15) is 11.2 Å². The highest BCUT2D eigenvalue weighted by atomic mass is 16.5. The van der Waals surface area contributed by atoms with Crippen LogP contribution in [0.25, 0.3) is 0 Å². The van der Waals surface area contributed by atoms with E-state index in [1.165, 1.54) is 0 Å². The normalized spacial score (nSPS) is 23.2. The van der Waals surface area contributed by atoms with Crippen LogP contribution in [0.15, 0.2) is 0 Å². The van der Waals surface area contributed by atoms with Crippen LogP contribution in [-0.2, 0) is 29.2 Å². The minimum absolute atomic E-state index is 0.0313. The van der Waals surface area contributed by atoms with Crippen molar-refractivity contribution in [3.05, 3.63) is 11.6 Å². The minimum atomic E-state index is -0.758. The van der Waals surface area contributed by atoms with Crippen LogP contribution in [0.3, 0.4) is 0 Å². The van der Waals surface area contributed by atoms with Crippen molar-refractivity contribution in [3.8, 4) is 6.07 Å². The van der Waals surface area contributed by atoms with Crippen molar-refractivity contribution < 1.29 is 9.53 Å². The summed E-state index contributed by atoms with van der Waals surface area (Å²) >= 11 is 0. The number of amides is 1. The molecule has 1 aromatic heterocycles. The van der Waals surface area contributed by atoms with Gasteiger partial charge in [0, 0.05) is 26.2 Å². The molecule has 0 N–H and O–H groups in total. The first kappa shape index (κ1) is 15.5. The van der Waals surface area contributed by atoms with Gasteiger partial charge >= 0.3 is 0 Å². The SMILES string of the molecule is N#CC1(C(=O)N2CCCn3c(CN4CCOCC4)nnc3C2)CC1. The molecule has 1 saturated heterocycles. The van der Waals surface area contributed by atoms with Gasteiger partial charge in [-0.25, -0.2) is 0 Å². The van der Waals surface area contributed by atoms with E-state index in [2.05, 4.69) is 25.7 Å². The smallest absolute Gasteiger partial charge is 0.243 e. The zero-order chi connectivity index (χ0) is 16.6. The summed E-state index contributed by atoms with van der Waals surface area (Å²) in [5.41, 5.74) is -0.758. The van der Waals surface area contributed by atoms with Crippen LogP contribution in [0.4, 0.5) is 0 Å². The van der Waals surface area contributed by atoms with E-state index < -0.39 is 5.41 Å². The number of aromatic nitrogens is 3. The van der Waals surface area contributed by atoms with Crippen molar-refractivity contribution >= 4 is 5.91 Å². The summed E-state index contributed by atoms with van der Waals surface area (Å²) in [7, 11) is 0. The number of morpholine rings is 1. The van der Waals surface area contributed by atoms with Crippen molar-refractivity contribution in [1.29, 1.82) is 5.26 Å². The molecule has 0 atom stereocenters. The average molecular weight is 330 g/mol. The number of nitriles is 1. The number of fused-ring (bicyclic) bond motifs is 1. The fraction of sp³-hybridized carbons (Fsp3) is 0.750. The number of carbonyl (C=O) groups is 1. The van der Waals surface area contributed by atoms with Crippen LogP contribution in [0, 0.1) is 16.7 Å². The molecule has 0 radical (unpaired) electrons. The molecule has 2 fully saturated rings. The summed E-state index contributed by atoms with van der Waals surface area (Å²) in [6, 6.07) is 2.20.